The summed E-state index contributed by atoms with van der Waals surface area (Å²) in [6.07, 6.45) is 1.60. The van der Waals surface area contributed by atoms with Gasteiger partial charge < -0.3 is 10.7 Å². The van der Waals surface area contributed by atoms with Crippen molar-refractivity contribution in [1.82, 2.24) is 9.97 Å². The van der Waals surface area contributed by atoms with Crippen LogP contribution in [-0.2, 0) is 0 Å². The number of rotatable bonds is 0. The van der Waals surface area contributed by atoms with Crippen LogP contribution in [0.3, 0.4) is 0 Å². The number of nitrogen functional groups attached to an aromatic ring is 1. The van der Waals surface area contributed by atoms with Gasteiger partial charge in [-0.3, -0.25) is 0 Å². The molecule has 0 aliphatic rings. The highest BCUT2D eigenvalue weighted by atomic mass is 35.5. The van der Waals surface area contributed by atoms with Gasteiger partial charge in [0.2, 0.25) is 0 Å². The third kappa shape index (κ3) is 0.940. The topological polar surface area (TPSA) is 54.7 Å². The molecular formula is C8H8ClN3. The summed E-state index contributed by atoms with van der Waals surface area (Å²) >= 11 is 5.77. The predicted molar refractivity (Wildman–Crippen MR) is 50.3 cm³/mol. The normalized spacial score (nSPS) is 10.8. The van der Waals surface area contributed by atoms with Crippen molar-refractivity contribution in [1.29, 1.82) is 0 Å². The van der Waals surface area contributed by atoms with E-state index < -0.39 is 0 Å². The molecule has 4 heteroatoms. The first kappa shape index (κ1) is 7.43. The number of H-pyrrole nitrogens is 1. The SMILES string of the molecule is Cc1[nH]c2ncc(Cl)cc2c1N. The number of aryl methyl sites for hydroxylation is 1. The summed E-state index contributed by atoms with van der Waals surface area (Å²) in [4.78, 5) is 7.15. The maximum absolute atomic E-state index is 5.78. The molecule has 0 aliphatic heterocycles. The molecule has 0 atom stereocenters. The van der Waals surface area contributed by atoms with Crippen molar-refractivity contribution in [3.8, 4) is 0 Å². The van der Waals surface area contributed by atoms with Crippen LogP contribution in [0.25, 0.3) is 11.0 Å². The summed E-state index contributed by atoms with van der Waals surface area (Å²) in [5.41, 5.74) is 8.22. The van der Waals surface area contributed by atoms with Crippen LogP contribution in [-0.4, -0.2) is 9.97 Å². The number of aromatic amines is 1. The molecule has 0 saturated heterocycles. The van der Waals surface area contributed by atoms with E-state index in [1.807, 2.05) is 13.0 Å². The molecule has 0 fully saturated rings. The number of nitrogens with zero attached hydrogens (tertiary/aromatic N) is 1. The van der Waals surface area contributed by atoms with Crippen molar-refractivity contribution in [3.63, 3.8) is 0 Å². The van der Waals surface area contributed by atoms with Gasteiger partial charge in [-0.25, -0.2) is 4.98 Å². The van der Waals surface area contributed by atoms with Gasteiger partial charge in [0.05, 0.1) is 10.7 Å². The third-order valence-electron chi connectivity index (χ3n) is 1.85. The standard InChI is InChI=1S/C8H8ClN3/c1-4-7(10)6-2-5(9)3-11-8(6)12-4/h2-3H,10H2,1H3,(H,11,12). The average molecular weight is 182 g/mol. The first-order valence-electron chi connectivity index (χ1n) is 3.58. The monoisotopic (exact) mass is 181 g/mol. The fraction of sp³-hybridized carbons (Fsp3) is 0.125. The molecule has 62 valence electrons. The van der Waals surface area contributed by atoms with Crippen molar-refractivity contribution in [2.75, 3.05) is 5.73 Å². The summed E-state index contributed by atoms with van der Waals surface area (Å²) in [6.45, 7) is 1.91. The van der Waals surface area contributed by atoms with Gasteiger partial charge in [-0.2, -0.15) is 0 Å². The molecule has 0 aliphatic carbocycles. The Kier molecular flexibility index (Phi) is 1.48. The van der Waals surface area contributed by atoms with Crippen LogP contribution in [0.1, 0.15) is 5.69 Å². The second-order valence-corrected chi connectivity index (χ2v) is 3.15. The van der Waals surface area contributed by atoms with E-state index in [1.165, 1.54) is 0 Å². The van der Waals surface area contributed by atoms with Crippen LogP contribution in [0.4, 0.5) is 5.69 Å². The maximum Gasteiger partial charge on any atom is 0.139 e. The molecule has 0 unspecified atom stereocenters. The lowest BCUT2D eigenvalue weighted by Gasteiger charge is -1.91. The number of hydrogen-bond donors (Lipinski definition) is 2. The van der Waals surface area contributed by atoms with Crippen molar-refractivity contribution in [3.05, 3.63) is 23.0 Å². The zero-order chi connectivity index (χ0) is 8.72. The highest BCUT2D eigenvalue weighted by Crippen LogP contribution is 2.24. The minimum absolute atomic E-state index is 0.605. The van der Waals surface area contributed by atoms with E-state index in [9.17, 15) is 0 Å². The lowest BCUT2D eigenvalue weighted by Crippen LogP contribution is -1.84. The van der Waals surface area contributed by atoms with E-state index in [1.54, 1.807) is 6.20 Å². The Hall–Kier alpha value is -1.22. The van der Waals surface area contributed by atoms with Crippen molar-refractivity contribution < 1.29 is 0 Å². The van der Waals surface area contributed by atoms with Crippen LogP contribution in [0, 0.1) is 6.92 Å². The molecule has 2 heterocycles. The van der Waals surface area contributed by atoms with Gasteiger partial charge in [-0.1, -0.05) is 11.6 Å². The summed E-state index contributed by atoms with van der Waals surface area (Å²) in [5.74, 6) is 0. The number of nitrogens with two attached hydrogens (primary N) is 1. The highest BCUT2D eigenvalue weighted by molar-refractivity contribution is 6.31. The molecule has 0 aromatic carbocycles. The Morgan fingerprint density at radius 3 is 3.08 bits per heavy atom. The molecular weight excluding hydrogens is 174 g/mol. The lowest BCUT2D eigenvalue weighted by atomic mass is 10.3. The molecule has 0 saturated carbocycles. The van der Waals surface area contributed by atoms with E-state index in [2.05, 4.69) is 9.97 Å². The molecule has 12 heavy (non-hydrogen) atoms. The highest BCUT2D eigenvalue weighted by Gasteiger charge is 2.05. The quantitative estimate of drug-likeness (QED) is 0.654. The van der Waals surface area contributed by atoms with Gasteiger partial charge in [-0.05, 0) is 13.0 Å². The largest absolute Gasteiger partial charge is 0.397 e. The number of hydrogen-bond acceptors (Lipinski definition) is 2. The summed E-state index contributed by atoms with van der Waals surface area (Å²) in [6, 6.07) is 1.81. The van der Waals surface area contributed by atoms with Gasteiger partial charge in [-0.15, -0.1) is 0 Å². The molecule has 0 radical (unpaired) electrons. The Labute approximate surface area is 74.5 Å². The second-order valence-electron chi connectivity index (χ2n) is 2.71. The van der Waals surface area contributed by atoms with Crippen LogP contribution in [0.2, 0.25) is 5.02 Å². The molecule has 2 rings (SSSR count). The van der Waals surface area contributed by atoms with Gasteiger partial charge >= 0.3 is 0 Å². The molecule has 3 N–H and O–H groups in total. The summed E-state index contributed by atoms with van der Waals surface area (Å²) in [5, 5.41) is 1.49. The van der Waals surface area contributed by atoms with E-state index in [0.29, 0.717) is 5.02 Å². The first-order valence-corrected chi connectivity index (χ1v) is 3.95. The van der Waals surface area contributed by atoms with Crippen molar-refractivity contribution in [2.24, 2.45) is 0 Å². The Bertz CT molecular complexity index is 433. The molecule has 2 aromatic heterocycles. The average Bonchev–Trinajstić information content (AvgIpc) is 2.31. The summed E-state index contributed by atoms with van der Waals surface area (Å²) in [7, 11) is 0. The maximum atomic E-state index is 5.78. The number of pyridine rings is 1. The van der Waals surface area contributed by atoms with Gasteiger partial charge in [0.25, 0.3) is 0 Å². The Balaban J connectivity index is 2.88. The summed E-state index contributed by atoms with van der Waals surface area (Å²) < 4.78 is 0. The van der Waals surface area contributed by atoms with E-state index >= 15 is 0 Å². The number of fused-ring (bicyclic) bond motifs is 1. The Morgan fingerprint density at radius 1 is 1.58 bits per heavy atom. The molecule has 0 spiro atoms. The fourth-order valence-electron chi connectivity index (χ4n) is 1.19. The number of halogens is 1. The third-order valence-corrected chi connectivity index (χ3v) is 2.06. The smallest absolute Gasteiger partial charge is 0.139 e. The molecule has 0 amide bonds. The first-order chi connectivity index (χ1) is 5.68. The second kappa shape index (κ2) is 2.38. The van der Waals surface area contributed by atoms with Crippen LogP contribution in [0.15, 0.2) is 12.3 Å². The van der Waals surface area contributed by atoms with Crippen molar-refractivity contribution in [2.45, 2.75) is 6.92 Å². The predicted octanol–water partition coefficient (Wildman–Crippen LogP) is 2.11. The molecule has 0 bridgehead atoms. The zero-order valence-electron chi connectivity index (χ0n) is 6.56. The van der Waals surface area contributed by atoms with Crippen LogP contribution < -0.4 is 5.73 Å². The fourth-order valence-corrected chi connectivity index (χ4v) is 1.35. The minimum atomic E-state index is 0.605. The van der Waals surface area contributed by atoms with Crippen molar-refractivity contribution >= 4 is 28.3 Å². The van der Waals surface area contributed by atoms with E-state index in [-0.39, 0.29) is 0 Å². The van der Waals surface area contributed by atoms with Crippen LogP contribution >= 0.6 is 11.6 Å². The number of aromatic nitrogens is 2. The number of anilines is 1. The Morgan fingerprint density at radius 2 is 2.33 bits per heavy atom. The minimum Gasteiger partial charge on any atom is -0.397 e. The number of nitrogens with one attached hydrogen (secondary N) is 1. The van der Waals surface area contributed by atoms with E-state index in [4.69, 9.17) is 17.3 Å². The van der Waals surface area contributed by atoms with Gasteiger partial charge in [0.1, 0.15) is 5.65 Å². The molecule has 3 nitrogen and oxygen atoms in total. The van der Waals surface area contributed by atoms with Gasteiger partial charge in [0.15, 0.2) is 0 Å². The van der Waals surface area contributed by atoms with Crippen LogP contribution in [0.5, 0.6) is 0 Å². The zero-order valence-corrected chi connectivity index (χ0v) is 7.31. The molecule has 2 aromatic rings. The van der Waals surface area contributed by atoms with E-state index in [0.717, 1.165) is 22.4 Å². The van der Waals surface area contributed by atoms with Gasteiger partial charge in [0, 0.05) is 17.3 Å². The lowest BCUT2D eigenvalue weighted by molar-refractivity contribution is 1.25.